The van der Waals surface area contributed by atoms with Crippen molar-refractivity contribution < 1.29 is 14.4 Å². The van der Waals surface area contributed by atoms with Crippen LogP contribution in [-0.2, 0) is 17.9 Å². The second-order valence-electron chi connectivity index (χ2n) is 10.1. The van der Waals surface area contributed by atoms with E-state index in [-0.39, 0.29) is 29.5 Å². The molecule has 1 atom stereocenters. The van der Waals surface area contributed by atoms with E-state index in [1.165, 1.54) is 6.42 Å². The van der Waals surface area contributed by atoms with Crippen LogP contribution in [0.1, 0.15) is 84.3 Å². The number of carbonyl (C=O) groups excluding carboxylic acids is 3. The topological polar surface area (TPSA) is 87.5 Å². The summed E-state index contributed by atoms with van der Waals surface area (Å²) in [7, 11) is 0. The molecule has 1 aromatic carbocycles. The lowest BCUT2D eigenvalue weighted by atomic mass is 9.94. The molecule has 0 unspecified atom stereocenters. The van der Waals surface area contributed by atoms with E-state index in [1.807, 2.05) is 35.2 Å². The Morgan fingerprint density at radius 3 is 2.49 bits per heavy atom. The van der Waals surface area contributed by atoms with Gasteiger partial charge in [0.2, 0.25) is 5.91 Å². The number of hydrogen-bond donors (Lipinski definition) is 1. The molecule has 1 aromatic heterocycles. The van der Waals surface area contributed by atoms with Crippen molar-refractivity contribution in [1.29, 1.82) is 0 Å². The number of piperidine rings is 1. The summed E-state index contributed by atoms with van der Waals surface area (Å²) in [6.07, 6.45) is 8.80. The second-order valence-corrected chi connectivity index (χ2v) is 10.1. The van der Waals surface area contributed by atoms with Crippen LogP contribution in [-0.4, -0.2) is 62.5 Å². The highest BCUT2D eigenvalue weighted by Gasteiger charge is 2.36. The molecule has 3 aliphatic rings. The quantitative estimate of drug-likeness (QED) is 0.715. The van der Waals surface area contributed by atoms with Crippen LogP contribution in [0.5, 0.6) is 0 Å². The zero-order valence-electron chi connectivity index (χ0n) is 20.3. The van der Waals surface area contributed by atoms with Crippen molar-refractivity contribution in [2.24, 2.45) is 0 Å². The SMILES string of the molecule is O=C(NC1CCCCC1)[C@@H]1CCCCN1C(=O)c1cc2n(n1)CCCN(Cc1ccccc1)C2=O. The minimum absolute atomic E-state index is 0.0455. The predicted octanol–water partition coefficient (Wildman–Crippen LogP) is 3.37. The van der Waals surface area contributed by atoms with Gasteiger partial charge in [-0.15, -0.1) is 0 Å². The van der Waals surface area contributed by atoms with Gasteiger partial charge in [-0.1, -0.05) is 49.6 Å². The first-order valence-corrected chi connectivity index (χ1v) is 13.1. The Morgan fingerprint density at radius 2 is 1.69 bits per heavy atom. The molecule has 3 heterocycles. The van der Waals surface area contributed by atoms with Gasteiger partial charge >= 0.3 is 0 Å². The van der Waals surface area contributed by atoms with Crippen LogP contribution in [0.2, 0.25) is 0 Å². The Balaban J connectivity index is 1.31. The maximum Gasteiger partial charge on any atom is 0.275 e. The van der Waals surface area contributed by atoms with Crippen molar-refractivity contribution in [3.63, 3.8) is 0 Å². The van der Waals surface area contributed by atoms with Crippen molar-refractivity contribution in [1.82, 2.24) is 24.9 Å². The fourth-order valence-electron chi connectivity index (χ4n) is 5.63. The highest BCUT2D eigenvalue weighted by Crippen LogP contribution is 2.23. The van der Waals surface area contributed by atoms with Gasteiger partial charge in [0.25, 0.3) is 11.8 Å². The largest absolute Gasteiger partial charge is 0.352 e. The third-order valence-corrected chi connectivity index (χ3v) is 7.54. The molecule has 2 aromatic rings. The normalized spacial score (nSPS) is 21.4. The Hall–Kier alpha value is -3.16. The third kappa shape index (κ3) is 5.26. The number of nitrogens with zero attached hydrogens (tertiary/aromatic N) is 4. The van der Waals surface area contributed by atoms with Gasteiger partial charge in [0.05, 0.1) is 0 Å². The highest BCUT2D eigenvalue weighted by atomic mass is 16.2. The number of amides is 3. The van der Waals surface area contributed by atoms with Gasteiger partial charge in [-0.25, -0.2) is 0 Å². The molecule has 1 saturated carbocycles. The van der Waals surface area contributed by atoms with Gasteiger partial charge in [-0.2, -0.15) is 5.10 Å². The van der Waals surface area contributed by atoms with Crippen molar-refractivity contribution in [3.05, 3.63) is 53.3 Å². The number of fused-ring (bicyclic) bond motifs is 1. The number of aromatic nitrogens is 2. The third-order valence-electron chi connectivity index (χ3n) is 7.54. The first-order chi connectivity index (χ1) is 17.1. The average molecular weight is 478 g/mol. The summed E-state index contributed by atoms with van der Waals surface area (Å²) in [5, 5.41) is 7.73. The lowest BCUT2D eigenvalue weighted by molar-refractivity contribution is -0.127. The molecule has 1 aliphatic carbocycles. The van der Waals surface area contributed by atoms with Crippen LogP contribution in [0.15, 0.2) is 36.4 Å². The minimum atomic E-state index is -0.468. The lowest BCUT2D eigenvalue weighted by Gasteiger charge is -2.35. The molecule has 1 N–H and O–H groups in total. The van der Waals surface area contributed by atoms with E-state index >= 15 is 0 Å². The Morgan fingerprint density at radius 1 is 0.914 bits per heavy atom. The van der Waals surface area contributed by atoms with Crippen LogP contribution >= 0.6 is 0 Å². The summed E-state index contributed by atoms with van der Waals surface area (Å²) in [4.78, 5) is 43.5. The summed E-state index contributed by atoms with van der Waals surface area (Å²) >= 11 is 0. The van der Waals surface area contributed by atoms with Crippen molar-refractivity contribution >= 4 is 17.7 Å². The van der Waals surface area contributed by atoms with Gasteiger partial charge in [0.15, 0.2) is 5.69 Å². The smallest absolute Gasteiger partial charge is 0.275 e. The fraction of sp³-hybridized carbons (Fsp3) is 0.556. The molecule has 0 bridgehead atoms. The molecule has 5 rings (SSSR count). The Bertz CT molecular complexity index is 1060. The van der Waals surface area contributed by atoms with Gasteiger partial charge in [-0.05, 0) is 44.1 Å². The first-order valence-electron chi connectivity index (χ1n) is 13.1. The number of aryl methyl sites for hydroxylation is 1. The number of carbonyl (C=O) groups is 3. The number of nitrogens with one attached hydrogen (secondary N) is 1. The monoisotopic (exact) mass is 477 g/mol. The first kappa shape index (κ1) is 23.6. The van der Waals surface area contributed by atoms with E-state index in [9.17, 15) is 14.4 Å². The number of likely N-dealkylation sites (tertiary alicyclic amines) is 1. The second kappa shape index (κ2) is 10.6. The molecule has 35 heavy (non-hydrogen) atoms. The van der Waals surface area contributed by atoms with Crippen molar-refractivity contribution in [2.75, 3.05) is 13.1 Å². The van der Waals surface area contributed by atoms with E-state index in [0.29, 0.717) is 38.3 Å². The van der Waals surface area contributed by atoms with E-state index in [4.69, 9.17) is 0 Å². The molecule has 2 aliphatic heterocycles. The van der Waals surface area contributed by atoms with E-state index in [0.717, 1.165) is 50.5 Å². The zero-order chi connectivity index (χ0) is 24.2. The van der Waals surface area contributed by atoms with Gasteiger partial charge in [0.1, 0.15) is 11.7 Å². The van der Waals surface area contributed by atoms with E-state index < -0.39 is 6.04 Å². The minimum Gasteiger partial charge on any atom is -0.352 e. The predicted molar refractivity (Wildman–Crippen MR) is 132 cm³/mol. The van der Waals surface area contributed by atoms with E-state index in [2.05, 4.69) is 10.4 Å². The van der Waals surface area contributed by atoms with Gasteiger partial charge < -0.3 is 15.1 Å². The molecule has 0 radical (unpaired) electrons. The van der Waals surface area contributed by atoms with Crippen molar-refractivity contribution in [2.45, 2.75) is 83.0 Å². The Labute approximate surface area is 206 Å². The van der Waals surface area contributed by atoms with Crippen molar-refractivity contribution in [3.8, 4) is 0 Å². The van der Waals surface area contributed by atoms with Gasteiger partial charge in [0, 0.05) is 38.3 Å². The summed E-state index contributed by atoms with van der Waals surface area (Å²) in [5.74, 6) is -0.407. The molecule has 3 amide bonds. The van der Waals surface area contributed by atoms with Crippen LogP contribution in [0.3, 0.4) is 0 Å². The maximum absolute atomic E-state index is 13.5. The maximum atomic E-state index is 13.5. The highest BCUT2D eigenvalue weighted by molar-refractivity contribution is 5.99. The van der Waals surface area contributed by atoms with Crippen LogP contribution < -0.4 is 5.32 Å². The summed E-state index contributed by atoms with van der Waals surface area (Å²) in [5.41, 5.74) is 1.78. The molecular weight excluding hydrogens is 442 g/mol. The molecule has 2 fully saturated rings. The summed E-state index contributed by atoms with van der Waals surface area (Å²) in [6.45, 7) is 2.31. The molecule has 8 heteroatoms. The number of hydrogen-bond acceptors (Lipinski definition) is 4. The molecule has 0 spiro atoms. The summed E-state index contributed by atoms with van der Waals surface area (Å²) in [6, 6.07) is 11.3. The molecule has 8 nitrogen and oxygen atoms in total. The molecule has 1 saturated heterocycles. The summed E-state index contributed by atoms with van der Waals surface area (Å²) < 4.78 is 1.67. The fourth-order valence-corrected chi connectivity index (χ4v) is 5.63. The standard InChI is InChI=1S/C27H35N5O3/c33-25(28-21-12-5-2-6-13-21)23-14-7-8-16-31(23)26(34)22-18-24-27(35)30(15-9-17-32(24)29-22)19-20-10-3-1-4-11-20/h1,3-4,10-11,18,21,23H,2,5-9,12-17,19H2,(H,28,33)/t23-/m0/s1. The van der Waals surface area contributed by atoms with Crippen LogP contribution in [0.25, 0.3) is 0 Å². The van der Waals surface area contributed by atoms with Gasteiger partial charge in [-0.3, -0.25) is 19.1 Å². The number of rotatable bonds is 5. The molecule has 186 valence electrons. The lowest BCUT2D eigenvalue weighted by Crippen LogP contribution is -2.54. The zero-order valence-corrected chi connectivity index (χ0v) is 20.3. The average Bonchev–Trinajstić information content (AvgIpc) is 3.27. The van der Waals surface area contributed by atoms with Crippen LogP contribution in [0.4, 0.5) is 0 Å². The Kier molecular flexibility index (Phi) is 7.16. The van der Waals surface area contributed by atoms with Crippen LogP contribution in [0, 0.1) is 0 Å². The van der Waals surface area contributed by atoms with E-state index in [1.54, 1.807) is 15.6 Å². The molecular formula is C27H35N5O3. The number of benzene rings is 1.